The number of carbonyl (C=O) groups excluding carboxylic acids is 1. The summed E-state index contributed by atoms with van der Waals surface area (Å²) in [5, 5.41) is 20.3. The fourth-order valence-electron chi connectivity index (χ4n) is 5.79. The molecule has 0 bridgehead atoms. The summed E-state index contributed by atoms with van der Waals surface area (Å²) in [6, 6.07) is 23.1. The Balaban J connectivity index is 1.73. The molecule has 0 radical (unpaired) electrons. The van der Waals surface area contributed by atoms with Crippen molar-refractivity contribution in [1.82, 2.24) is 3.97 Å². The van der Waals surface area contributed by atoms with Crippen LogP contribution in [0.2, 0.25) is 0 Å². The Bertz CT molecular complexity index is 2160. The number of aromatic nitrogens is 1. The zero-order chi connectivity index (χ0) is 32.0. The summed E-state index contributed by atoms with van der Waals surface area (Å²) in [5.74, 6) is -1.61. The Kier molecular flexibility index (Phi) is 7.43. The third kappa shape index (κ3) is 5.01. The maximum absolute atomic E-state index is 14.9. The maximum Gasteiger partial charge on any atom is 0.309 e. The van der Waals surface area contributed by atoms with E-state index in [4.69, 9.17) is 4.74 Å². The highest BCUT2D eigenvalue weighted by Crippen LogP contribution is 2.50. The van der Waals surface area contributed by atoms with Crippen molar-refractivity contribution in [2.75, 3.05) is 7.11 Å². The molecule has 0 aliphatic heterocycles. The first-order valence-electron chi connectivity index (χ1n) is 13.7. The highest BCUT2D eigenvalue weighted by Gasteiger charge is 2.45. The Morgan fingerprint density at radius 1 is 0.933 bits per heavy atom. The van der Waals surface area contributed by atoms with Crippen molar-refractivity contribution in [3.05, 3.63) is 113 Å². The summed E-state index contributed by atoms with van der Waals surface area (Å²) in [6.45, 7) is 0. The van der Waals surface area contributed by atoms with Crippen LogP contribution in [0.1, 0.15) is 41.0 Å². The first-order chi connectivity index (χ1) is 21.6. The molecule has 7 nitrogen and oxygen atoms in total. The van der Waals surface area contributed by atoms with Gasteiger partial charge in [-0.25, -0.2) is 25.6 Å². The molecular weight excluding hydrogens is 603 g/mol. The van der Waals surface area contributed by atoms with Crippen molar-refractivity contribution in [1.29, 1.82) is 10.5 Å². The Hall–Kier alpha value is -5.39. The van der Waals surface area contributed by atoms with Gasteiger partial charge in [0, 0.05) is 27.6 Å². The molecule has 2 unspecified atom stereocenters. The van der Waals surface area contributed by atoms with Gasteiger partial charge in [0.15, 0.2) is 0 Å². The number of benzene rings is 4. The lowest BCUT2D eigenvalue weighted by atomic mass is 9.90. The fraction of sp³-hybridized carbons (Fsp3) is 0.147. The molecular formula is C34H22F3N3O4S. The van der Waals surface area contributed by atoms with Gasteiger partial charge in [-0.15, -0.1) is 0 Å². The largest absolute Gasteiger partial charge is 0.469 e. The number of halogens is 3. The van der Waals surface area contributed by atoms with E-state index in [1.54, 1.807) is 24.3 Å². The number of nitrogens with zero attached hydrogens (tertiary/aromatic N) is 3. The first-order valence-corrected chi connectivity index (χ1v) is 15.1. The van der Waals surface area contributed by atoms with E-state index in [1.165, 1.54) is 31.4 Å². The van der Waals surface area contributed by atoms with Crippen molar-refractivity contribution in [3.63, 3.8) is 0 Å². The highest BCUT2D eigenvalue weighted by molar-refractivity contribution is 7.90. The lowest BCUT2D eigenvalue weighted by molar-refractivity contribution is -0.142. The highest BCUT2D eigenvalue weighted by atomic mass is 32.2. The van der Waals surface area contributed by atoms with E-state index < -0.39 is 22.3 Å². The number of nitriles is 2. The number of esters is 1. The fourth-order valence-corrected chi connectivity index (χ4v) is 7.34. The molecule has 1 heterocycles. The molecule has 0 saturated heterocycles. The molecule has 4 aromatic carbocycles. The predicted octanol–water partition coefficient (Wildman–Crippen LogP) is 7.31. The van der Waals surface area contributed by atoms with Gasteiger partial charge in [-0.1, -0.05) is 36.4 Å². The quantitative estimate of drug-likeness (QED) is 0.175. The van der Waals surface area contributed by atoms with Gasteiger partial charge in [0.1, 0.15) is 5.82 Å². The average Bonchev–Trinajstić information content (AvgIpc) is 3.79. The van der Waals surface area contributed by atoms with E-state index in [0.717, 1.165) is 45.9 Å². The molecule has 6 rings (SSSR count). The van der Waals surface area contributed by atoms with Gasteiger partial charge in [0.25, 0.3) is 16.4 Å². The standard InChI is InChI=1S/C34H22F3N3O4S/c1-44-34(41)27-16-26(27)20-4-2-5-21(14-20)32-31(30-22(17-38)6-3-7-23(30)18-39)28-15-24(35)10-13-29(28)40(32)45(42,43)25-11-8-19(9-12-25)33(36)37/h2-15,26-27,33H,16H2,1H3. The normalized spacial score (nSPS) is 15.9. The zero-order valence-corrected chi connectivity index (χ0v) is 24.4. The van der Waals surface area contributed by atoms with Gasteiger partial charge >= 0.3 is 5.97 Å². The lowest BCUT2D eigenvalue weighted by Crippen LogP contribution is -2.14. The molecule has 0 N–H and O–H groups in total. The van der Waals surface area contributed by atoms with Crippen LogP contribution in [-0.2, 0) is 19.6 Å². The number of fused-ring (bicyclic) bond motifs is 1. The van der Waals surface area contributed by atoms with Crippen LogP contribution in [0, 0.1) is 34.4 Å². The molecule has 1 saturated carbocycles. The second-order valence-electron chi connectivity index (χ2n) is 10.6. The minimum absolute atomic E-state index is 0.0323. The number of rotatable bonds is 7. The van der Waals surface area contributed by atoms with Crippen LogP contribution in [0.5, 0.6) is 0 Å². The molecule has 45 heavy (non-hydrogen) atoms. The van der Waals surface area contributed by atoms with Crippen molar-refractivity contribution in [3.8, 4) is 34.5 Å². The molecule has 0 spiro atoms. The monoisotopic (exact) mass is 625 g/mol. The van der Waals surface area contributed by atoms with E-state index in [9.17, 15) is 36.9 Å². The summed E-state index contributed by atoms with van der Waals surface area (Å²) in [6.07, 6.45) is -2.29. The number of hydrogen-bond acceptors (Lipinski definition) is 6. The third-order valence-corrected chi connectivity index (χ3v) is 9.72. The predicted molar refractivity (Wildman–Crippen MR) is 159 cm³/mol. The zero-order valence-electron chi connectivity index (χ0n) is 23.5. The number of alkyl halides is 2. The molecule has 1 fully saturated rings. The molecule has 0 amide bonds. The van der Waals surface area contributed by atoms with Crippen LogP contribution < -0.4 is 0 Å². The summed E-state index contributed by atoms with van der Waals surface area (Å²) < 4.78 is 76.4. The van der Waals surface area contributed by atoms with Gasteiger partial charge in [-0.3, -0.25) is 4.79 Å². The summed E-state index contributed by atoms with van der Waals surface area (Å²) in [4.78, 5) is 11.9. The van der Waals surface area contributed by atoms with Gasteiger partial charge in [-0.2, -0.15) is 10.5 Å². The van der Waals surface area contributed by atoms with Crippen LogP contribution in [0.4, 0.5) is 13.2 Å². The average molecular weight is 626 g/mol. The molecule has 1 aromatic heterocycles. The van der Waals surface area contributed by atoms with Gasteiger partial charge in [-0.05, 0) is 66.4 Å². The van der Waals surface area contributed by atoms with E-state index in [-0.39, 0.29) is 67.1 Å². The molecule has 2 atom stereocenters. The van der Waals surface area contributed by atoms with E-state index in [2.05, 4.69) is 12.1 Å². The lowest BCUT2D eigenvalue weighted by Gasteiger charge is -2.16. The smallest absolute Gasteiger partial charge is 0.309 e. The first kappa shape index (κ1) is 29.7. The van der Waals surface area contributed by atoms with Crippen LogP contribution in [0.3, 0.4) is 0 Å². The summed E-state index contributed by atoms with van der Waals surface area (Å²) in [5.41, 5.74) is 1.13. The van der Waals surface area contributed by atoms with Crippen LogP contribution in [0.15, 0.2) is 89.8 Å². The second kappa shape index (κ2) is 11.3. The van der Waals surface area contributed by atoms with Gasteiger partial charge in [0.2, 0.25) is 0 Å². The SMILES string of the molecule is COC(=O)C1CC1c1cccc(-c2c(-c3c(C#N)cccc3C#N)c3cc(F)ccc3n2S(=O)(=O)c2ccc(C(F)F)cc2)c1. The van der Waals surface area contributed by atoms with Crippen LogP contribution in [0.25, 0.3) is 33.3 Å². The number of methoxy groups -OCH3 is 1. The third-order valence-electron chi connectivity index (χ3n) is 7.99. The molecule has 1 aliphatic carbocycles. The topological polar surface area (TPSA) is 113 Å². The summed E-state index contributed by atoms with van der Waals surface area (Å²) in [7, 11) is -3.26. The second-order valence-corrected chi connectivity index (χ2v) is 12.4. The minimum Gasteiger partial charge on any atom is -0.469 e. The van der Waals surface area contributed by atoms with Crippen molar-refractivity contribution in [2.45, 2.75) is 23.7 Å². The van der Waals surface area contributed by atoms with Gasteiger partial charge in [0.05, 0.1) is 52.4 Å². The van der Waals surface area contributed by atoms with Crippen molar-refractivity contribution < 1.29 is 31.1 Å². The Labute approximate surface area is 256 Å². The minimum atomic E-state index is -4.56. The van der Waals surface area contributed by atoms with E-state index >= 15 is 0 Å². The summed E-state index contributed by atoms with van der Waals surface area (Å²) >= 11 is 0. The molecule has 11 heteroatoms. The number of hydrogen-bond donors (Lipinski definition) is 0. The Morgan fingerprint density at radius 2 is 1.60 bits per heavy atom. The Morgan fingerprint density at radius 3 is 2.22 bits per heavy atom. The number of carbonyl (C=O) groups is 1. The molecule has 224 valence electrons. The van der Waals surface area contributed by atoms with Crippen LogP contribution >= 0.6 is 0 Å². The molecule has 5 aromatic rings. The maximum atomic E-state index is 14.9. The van der Waals surface area contributed by atoms with Crippen molar-refractivity contribution in [2.24, 2.45) is 5.92 Å². The molecule has 1 aliphatic rings. The van der Waals surface area contributed by atoms with Gasteiger partial charge < -0.3 is 4.74 Å². The number of ether oxygens (including phenoxy) is 1. The van der Waals surface area contributed by atoms with E-state index in [1.807, 2.05) is 0 Å². The van der Waals surface area contributed by atoms with Crippen molar-refractivity contribution >= 4 is 26.9 Å². The van der Waals surface area contributed by atoms with E-state index in [0.29, 0.717) is 12.0 Å². The van der Waals surface area contributed by atoms with Crippen LogP contribution in [-0.4, -0.2) is 25.5 Å².